The summed E-state index contributed by atoms with van der Waals surface area (Å²) in [6.07, 6.45) is 4.71. The van der Waals surface area contributed by atoms with Crippen LogP contribution in [0.4, 0.5) is 11.5 Å². The molecule has 1 N–H and O–H groups in total. The molecule has 7 heteroatoms. The zero-order valence-electron chi connectivity index (χ0n) is 19.2. The molecule has 174 valence electrons. The van der Waals surface area contributed by atoms with Crippen LogP contribution >= 0.6 is 11.3 Å². The molecule has 0 spiro atoms. The fourth-order valence-corrected chi connectivity index (χ4v) is 5.79. The first-order valence-corrected chi connectivity index (χ1v) is 13.0. The Morgan fingerprint density at radius 1 is 0.970 bits per heavy atom. The average molecular weight is 464 g/mol. The number of para-hydroxylation sites is 1. The van der Waals surface area contributed by atoms with Crippen molar-refractivity contribution in [2.24, 2.45) is 5.92 Å². The van der Waals surface area contributed by atoms with Crippen molar-refractivity contribution < 1.29 is 4.79 Å². The molecule has 2 fully saturated rings. The van der Waals surface area contributed by atoms with Gasteiger partial charge in [0.25, 0.3) is 0 Å². The van der Waals surface area contributed by atoms with Gasteiger partial charge in [-0.05, 0) is 55.5 Å². The largest absolute Gasteiger partial charge is 0.369 e. The van der Waals surface area contributed by atoms with Crippen LogP contribution < -0.4 is 15.1 Å². The lowest BCUT2D eigenvalue weighted by atomic mass is 9.95. The Kier molecular flexibility index (Phi) is 7.07. The lowest BCUT2D eigenvalue weighted by Gasteiger charge is -2.36. The van der Waals surface area contributed by atoms with Gasteiger partial charge in [0.15, 0.2) is 0 Å². The predicted octanol–water partition coefficient (Wildman–Crippen LogP) is 3.84. The van der Waals surface area contributed by atoms with Gasteiger partial charge in [-0.25, -0.2) is 4.98 Å². The van der Waals surface area contributed by atoms with Crippen molar-refractivity contribution >= 4 is 38.8 Å². The molecule has 6 nitrogen and oxygen atoms in total. The van der Waals surface area contributed by atoms with E-state index in [1.54, 1.807) is 11.3 Å². The van der Waals surface area contributed by atoms with Gasteiger partial charge < -0.3 is 15.1 Å². The number of nitrogens with zero attached hydrogens (tertiary/aromatic N) is 4. The Morgan fingerprint density at radius 2 is 1.76 bits per heavy atom. The second kappa shape index (κ2) is 10.5. The van der Waals surface area contributed by atoms with E-state index in [1.165, 1.54) is 15.8 Å². The molecule has 0 unspecified atom stereocenters. The Labute approximate surface area is 200 Å². The van der Waals surface area contributed by atoms with Crippen LogP contribution in [0.2, 0.25) is 0 Å². The second-order valence-corrected chi connectivity index (χ2v) is 9.98. The molecule has 0 radical (unpaired) electrons. The number of pyridine rings is 1. The Morgan fingerprint density at radius 3 is 2.55 bits per heavy atom. The van der Waals surface area contributed by atoms with Crippen LogP contribution in [0.1, 0.15) is 19.3 Å². The predicted molar refractivity (Wildman–Crippen MR) is 137 cm³/mol. The van der Waals surface area contributed by atoms with E-state index >= 15 is 0 Å². The lowest BCUT2D eigenvalue weighted by molar-refractivity contribution is -0.125. The molecule has 2 aliphatic rings. The number of benzene rings is 1. The quantitative estimate of drug-likeness (QED) is 0.540. The van der Waals surface area contributed by atoms with Crippen molar-refractivity contribution in [2.45, 2.75) is 19.3 Å². The molecule has 2 aliphatic heterocycles. The van der Waals surface area contributed by atoms with E-state index in [-0.39, 0.29) is 11.8 Å². The standard InChI is InChI=1S/C26H33N5OS/c32-26(21-8-14-31(15-9-21)25-23-10-20-33-24(23)7-12-27-25)28-11-4-13-29-16-18-30(19-17-29)22-5-2-1-3-6-22/h1-3,5-7,10,12,20-21H,4,8-9,11,13-19H2,(H,28,32). The molecule has 4 heterocycles. The van der Waals surface area contributed by atoms with Gasteiger partial charge in [-0.15, -0.1) is 11.3 Å². The topological polar surface area (TPSA) is 51.7 Å². The van der Waals surface area contributed by atoms with Gasteiger partial charge in [0, 0.05) is 73.7 Å². The van der Waals surface area contributed by atoms with E-state index in [4.69, 9.17) is 0 Å². The van der Waals surface area contributed by atoms with Gasteiger partial charge in [0.05, 0.1) is 0 Å². The highest BCUT2D eigenvalue weighted by molar-refractivity contribution is 7.17. The molecule has 0 saturated carbocycles. The van der Waals surface area contributed by atoms with Gasteiger partial charge in [0.2, 0.25) is 5.91 Å². The summed E-state index contributed by atoms with van der Waals surface area (Å²) in [5.41, 5.74) is 1.32. The maximum absolute atomic E-state index is 12.7. The van der Waals surface area contributed by atoms with Gasteiger partial charge in [-0.1, -0.05) is 18.2 Å². The highest BCUT2D eigenvalue weighted by atomic mass is 32.1. The first kappa shape index (κ1) is 22.2. The third-order valence-corrected chi connectivity index (χ3v) is 7.85. The van der Waals surface area contributed by atoms with Crippen molar-refractivity contribution in [3.05, 3.63) is 54.0 Å². The normalized spacial score (nSPS) is 18.1. The van der Waals surface area contributed by atoms with Crippen molar-refractivity contribution in [3.8, 4) is 0 Å². The highest BCUT2D eigenvalue weighted by Gasteiger charge is 2.26. The SMILES string of the molecule is O=C(NCCCN1CCN(c2ccccc2)CC1)C1CCN(c2nccc3sccc23)CC1. The molecule has 2 saturated heterocycles. The van der Waals surface area contributed by atoms with E-state index in [0.29, 0.717) is 0 Å². The molecule has 3 aromatic rings. The van der Waals surface area contributed by atoms with Crippen LogP contribution in [0.15, 0.2) is 54.0 Å². The molecule has 1 aromatic carbocycles. The molecular weight excluding hydrogens is 430 g/mol. The minimum absolute atomic E-state index is 0.123. The molecule has 0 bridgehead atoms. The van der Waals surface area contributed by atoms with Gasteiger partial charge in [0.1, 0.15) is 5.82 Å². The number of hydrogen-bond acceptors (Lipinski definition) is 6. The monoisotopic (exact) mass is 463 g/mol. The minimum atomic E-state index is 0.123. The maximum atomic E-state index is 12.7. The van der Waals surface area contributed by atoms with Crippen molar-refractivity contribution in [3.63, 3.8) is 0 Å². The fraction of sp³-hybridized carbons (Fsp3) is 0.462. The summed E-state index contributed by atoms with van der Waals surface area (Å²) >= 11 is 1.75. The zero-order valence-corrected chi connectivity index (χ0v) is 20.0. The average Bonchev–Trinajstić information content (AvgIpc) is 3.37. The number of rotatable bonds is 7. The summed E-state index contributed by atoms with van der Waals surface area (Å²) in [5.74, 6) is 1.42. The van der Waals surface area contributed by atoms with Crippen LogP contribution in [-0.4, -0.2) is 68.1 Å². The molecule has 2 aromatic heterocycles. The Bertz CT molecular complexity index is 1040. The number of hydrogen-bond donors (Lipinski definition) is 1. The number of carbonyl (C=O) groups is 1. The number of nitrogens with one attached hydrogen (secondary N) is 1. The van der Waals surface area contributed by atoms with E-state index in [9.17, 15) is 4.79 Å². The van der Waals surface area contributed by atoms with Gasteiger partial charge in [-0.3, -0.25) is 9.69 Å². The zero-order chi connectivity index (χ0) is 22.5. The molecule has 0 aliphatic carbocycles. The van der Waals surface area contributed by atoms with Gasteiger partial charge in [-0.2, -0.15) is 0 Å². The van der Waals surface area contributed by atoms with Crippen LogP contribution in [0, 0.1) is 5.92 Å². The van der Waals surface area contributed by atoms with Crippen LogP contribution in [0.3, 0.4) is 0 Å². The maximum Gasteiger partial charge on any atom is 0.223 e. The third kappa shape index (κ3) is 5.31. The number of carbonyl (C=O) groups excluding carboxylic acids is 1. The fourth-order valence-electron chi connectivity index (χ4n) is 5.01. The molecule has 0 atom stereocenters. The molecular formula is C26H33N5OS. The van der Waals surface area contributed by atoms with E-state index in [2.05, 4.69) is 72.8 Å². The smallest absolute Gasteiger partial charge is 0.223 e. The summed E-state index contributed by atoms with van der Waals surface area (Å²) < 4.78 is 1.28. The second-order valence-electron chi connectivity index (χ2n) is 9.04. The Hall–Kier alpha value is -2.64. The van der Waals surface area contributed by atoms with Crippen molar-refractivity contribution in [2.75, 3.05) is 62.2 Å². The summed E-state index contributed by atoms with van der Waals surface area (Å²) in [6.45, 7) is 7.94. The highest BCUT2D eigenvalue weighted by Crippen LogP contribution is 2.31. The summed E-state index contributed by atoms with van der Waals surface area (Å²) in [6, 6.07) is 14.9. The molecule has 5 rings (SSSR count). The minimum Gasteiger partial charge on any atom is -0.369 e. The van der Waals surface area contributed by atoms with Crippen molar-refractivity contribution in [1.29, 1.82) is 0 Å². The number of fused-ring (bicyclic) bond motifs is 1. The summed E-state index contributed by atoms with van der Waals surface area (Å²) in [7, 11) is 0. The lowest BCUT2D eigenvalue weighted by Crippen LogP contribution is -2.47. The first-order valence-electron chi connectivity index (χ1n) is 12.1. The number of thiophene rings is 1. The number of aromatic nitrogens is 1. The van der Waals surface area contributed by atoms with E-state index < -0.39 is 0 Å². The Balaban J connectivity index is 0.998. The van der Waals surface area contributed by atoms with Crippen LogP contribution in [-0.2, 0) is 4.79 Å². The van der Waals surface area contributed by atoms with E-state index in [1.807, 2.05) is 6.20 Å². The summed E-state index contributed by atoms with van der Waals surface area (Å²) in [4.78, 5) is 24.6. The third-order valence-electron chi connectivity index (χ3n) is 6.97. The van der Waals surface area contributed by atoms with Gasteiger partial charge >= 0.3 is 0 Å². The number of piperidine rings is 1. The number of anilines is 2. The molecule has 1 amide bonds. The number of piperazine rings is 1. The number of amides is 1. The molecule has 33 heavy (non-hydrogen) atoms. The van der Waals surface area contributed by atoms with E-state index in [0.717, 1.165) is 77.4 Å². The first-order chi connectivity index (χ1) is 16.3. The van der Waals surface area contributed by atoms with Crippen LogP contribution in [0.5, 0.6) is 0 Å². The summed E-state index contributed by atoms with van der Waals surface area (Å²) in [5, 5.41) is 6.55. The van der Waals surface area contributed by atoms with Crippen LogP contribution in [0.25, 0.3) is 10.1 Å². The van der Waals surface area contributed by atoms with Crippen molar-refractivity contribution in [1.82, 2.24) is 15.2 Å².